The van der Waals surface area contributed by atoms with Crippen molar-refractivity contribution in [2.45, 2.75) is 32.7 Å². The van der Waals surface area contributed by atoms with E-state index in [1.807, 2.05) is 10.7 Å². The molecule has 1 N–H and O–H groups in total. The molecule has 0 radical (unpaired) electrons. The van der Waals surface area contributed by atoms with Crippen LogP contribution in [-0.2, 0) is 13.0 Å². The van der Waals surface area contributed by atoms with Crippen molar-refractivity contribution in [3.8, 4) is 11.5 Å². The Morgan fingerprint density at radius 3 is 3.05 bits per heavy atom. The van der Waals surface area contributed by atoms with Gasteiger partial charge in [-0.15, -0.1) is 11.3 Å². The molecular formula is C13H16N6S. The first-order valence-electron chi connectivity index (χ1n) is 6.69. The summed E-state index contributed by atoms with van der Waals surface area (Å²) in [5.41, 5.74) is 0.742. The quantitative estimate of drug-likeness (QED) is 0.756. The van der Waals surface area contributed by atoms with Crippen molar-refractivity contribution in [1.82, 2.24) is 30.2 Å². The lowest BCUT2D eigenvalue weighted by atomic mass is 10.3. The second kappa shape index (κ2) is 5.96. The van der Waals surface area contributed by atoms with E-state index in [0.29, 0.717) is 0 Å². The van der Waals surface area contributed by atoms with Crippen LogP contribution in [0.25, 0.3) is 11.5 Å². The summed E-state index contributed by atoms with van der Waals surface area (Å²) in [5, 5.41) is 17.3. The number of aromatic amines is 1. The molecule has 6 nitrogen and oxygen atoms in total. The summed E-state index contributed by atoms with van der Waals surface area (Å²) in [6.07, 6.45) is 4.65. The van der Waals surface area contributed by atoms with Gasteiger partial charge in [0.05, 0.1) is 6.20 Å². The van der Waals surface area contributed by atoms with Gasteiger partial charge in [0.15, 0.2) is 11.6 Å². The van der Waals surface area contributed by atoms with E-state index in [2.05, 4.69) is 43.9 Å². The van der Waals surface area contributed by atoms with Crippen molar-refractivity contribution in [3.63, 3.8) is 0 Å². The third-order valence-corrected chi connectivity index (χ3v) is 3.87. The molecule has 3 aromatic rings. The molecule has 0 bridgehead atoms. The topological polar surface area (TPSA) is 72.3 Å². The van der Waals surface area contributed by atoms with E-state index in [4.69, 9.17) is 0 Å². The third-order valence-electron chi connectivity index (χ3n) is 3.00. The van der Waals surface area contributed by atoms with Gasteiger partial charge in [-0.25, -0.2) is 9.67 Å². The van der Waals surface area contributed by atoms with Gasteiger partial charge in [-0.1, -0.05) is 19.4 Å². The zero-order valence-corrected chi connectivity index (χ0v) is 12.1. The van der Waals surface area contributed by atoms with Crippen LogP contribution in [0.2, 0.25) is 0 Å². The van der Waals surface area contributed by atoms with Crippen molar-refractivity contribution < 1.29 is 0 Å². The molecule has 0 atom stereocenters. The molecule has 3 aromatic heterocycles. The number of rotatable bonds is 6. The Kier molecular flexibility index (Phi) is 3.87. The summed E-state index contributed by atoms with van der Waals surface area (Å²) in [7, 11) is 0. The molecule has 0 spiro atoms. The molecule has 0 saturated heterocycles. The molecule has 0 saturated carbocycles. The average molecular weight is 288 g/mol. The second-order valence-corrected chi connectivity index (χ2v) is 5.57. The Balaban J connectivity index is 1.88. The predicted molar refractivity (Wildman–Crippen MR) is 77.4 cm³/mol. The Morgan fingerprint density at radius 2 is 2.35 bits per heavy atom. The summed E-state index contributed by atoms with van der Waals surface area (Å²) in [4.78, 5) is 5.88. The lowest BCUT2D eigenvalue weighted by molar-refractivity contribution is 0.571. The number of hydrogen-bond acceptors (Lipinski definition) is 5. The maximum absolute atomic E-state index is 4.62. The van der Waals surface area contributed by atoms with E-state index >= 15 is 0 Å². The Labute approximate surface area is 120 Å². The minimum atomic E-state index is 0.742. The Bertz CT molecular complexity index is 641. The Morgan fingerprint density at radius 1 is 1.40 bits per heavy atom. The molecule has 3 rings (SSSR count). The minimum Gasteiger partial charge on any atom is -0.244 e. The highest BCUT2D eigenvalue weighted by molar-refractivity contribution is 7.09. The van der Waals surface area contributed by atoms with E-state index in [-0.39, 0.29) is 0 Å². The highest BCUT2D eigenvalue weighted by Gasteiger charge is 2.14. The summed E-state index contributed by atoms with van der Waals surface area (Å²) >= 11 is 1.72. The third kappa shape index (κ3) is 2.77. The smallest absolute Gasteiger partial charge is 0.180 e. The molecule has 20 heavy (non-hydrogen) atoms. The summed E-state index contributed by atoms with van der Waals surface area (Å²) in [6, 6.07) is 4.15. The number of aromatic nitrogens is 6. The zero-order valence-electron chi connectivity index (χ0n) is 11.3. The summed E-state index contributed by atoms with van der Waals surface area (Å²) in [6.45, 7) is 3.02. The van der Waals surface area contributed by atoms with Crippen LogP contribution in [-0.4, -0.2) is 30.2 Å². The number of thiophene rings is 1. The number of hydrogen-bond donors (Lipinski definition) is 1. The zero-order chi connectivity index (χ0) is 13.8. The van der Waals surface area contributed by atoms with Crippen LogP contribution in [0.1, 0.15) is 30.5 Å². The van der Waals surface area contributed by atoms with Crippen LogP contribution < -0.4 is 0 Å². The van der Waals surface area contributed by atoms with Gasteiger partial charge < -0.3 is 0 Å². The molecule has 0 aliphatic carbocycles. The van der Waals surface area contributed by atoms with Crippen molar-refractivity contribution in [2.75, 3.05) is 0 Å². The summed E-state index contributed by atoms with van der Waals surface area (Å²) < 4.78 is 1.93. The molecule has 0 unspecified atom stereocenters. The maximum Gasteiger partial charge on any atom is 0.180 e. The largest absolute Gasteiger partial charge is 0.244 e. The van der Waals surface area contributed by atoms with Gasteiger partial charge >= 0.3 is 0 Å². The van der Waals surface area contributed by atoms with Crippen molar-refractivity contribution in [2.24, 2.45) is 0 Å². The predicted octanol–water partition coefficient (Wildman–Crippen LogP) is 2.52. The number of nitrogens with one attached hydrogen (secondary N) is 1. The first kappa shape index (κ1) is 13.0. The van der Waals surface area contributed by atoms with E-state index in [1.54, 1.807) is 17.5 Å². The number of aryl methyl sites for hydroxylation is 1. The van der Waals surface area contributed by atoms with Crippen molar-refractivity contribution >= 4 is 11.3 Å². The maximum atomic E-state index is 4.62. The van der Waals surface area contributed by atoms with Gasteiger partial charge in [0.2, 0.25) is 0 Å². The van der Waals surface area contributed by atoms with Crippen LogP contribution in [0.15, 0.2) is 23.7 Å². The SMILES string of the molecule is CCCCn1nc(Cc2cccs2)nc1-c1cn[nH]n1. The van der Waals surface area contributed by atoms with Gasteiger partial charge in [0, 0.05) is 17.8 Å². The van der Waals surface area contributed by atoms with Gasteiger partial charge in [-0.05, 0) is 17.9 Å². The molecule has 0 aliphatic heterocycles. The van der Waals surface area contributed by atoms with Gasteiger partial charge in [-0.2, -0.15) is 20.5 Å². The average Bonchev–Trinajstić information content (AvgIpc) is 3.18. The lowest BCUT2D eigenvalue weighted by Crippen LogP contribution is -2.03. The monoisotopic (exact) mass is 288 g/mol. The van der Waals surface area contributed by atoms with E-state index < -0.39 is 0 Å². The molecule has 0 aliphatic rings. The van der Waals surface area contributed by atoms with Crippen molar-refractivity contribution in [3.05, 3.63) is 34.4 Å². The van der Waals surface area contributed by atoms with Crippen LogP contribution in [0.5, 0.6) is 0 Å². The van der Waals surface area contributed by atoms with Crippen LogP contribution in [0.3, 0.4) is 0 Å². The minimum absolute atomic E-state index is 0.742. The molecule has 0 fully saturated rings. The number of nitrogens with zero attached hydrogens (tertiary/aromatic N) is 5. The van der Waals surface area contributed by atoms with E-state index in [1.165, 1.54) is 4.88 Å². The highest BCUT2D eigenvalue weighted by Crippen LogP contribution is 2.17. The van der Waals surface area contributed by atoms with E-state index in [9.17, 15) is 0 Å². The van der Waals surface area contributed by atoms with E-state index in [0.717, 1.165) is 43.1 Å². The lowest BCUT2D eigenvalue weighted by Gasteiger charge is -2.01. The molecular weight excluding hydrogens is 272 g/mol. The molecule has 0 aromatic carbocycles. The fraction of sp³-hybridized carbons (Fsp3) is 0.385. The number of unbranched alkanes of at least 4 members (excludes halogenated alkanes) is 1. The van der Waals surface area contributed by atoms with Gasteiger partial charge in [-0.3, -0.25) is 0 Å². The van der Waals surface area contributed by atoms with Crippen LogP contribution >= 0.6 is 11.3 Å². The standard InChI is InChI=1S/C13H16N6S/c1-2-3-6-19-13(11-9-14-18-16-11)15-12(17-19)8-10-5-4-7-20-10/h4-5,7,9H,2-3,6,8H2,1H3,(H,14,16,18). The molecule has 0 amide bonds. The second-order valence-electron chi connectivity index (χ2n) is 4.54. The molecule has 104 valence electrons. The van der Waals surface area contributed by atoms with Crippen molar-refractivity contribution in [1.29, 1.82) is 0 Å². The highest BCUT2D eigenvalue weighted by atomic mass is 32.1. The first-order valence-corrected chi connectivity index (χ1v) is 7.57. The fourth-order valence-corrected chi connectivity index (χ4v) is 2.70. The van der Waals surface area contributed by atoms with Gasteiger partial charge in [0.1, 0.15) is 5.69 Å². The van der Waals surface area contributed by atoms with Gasteiger partial charge in [0.25, 0.3) is 0 Å². The molecule has 7 heteroatoms. The first-order chi connectivity index (χ1) is 9.86. The summed E-state index contributed by atoms with van der Waals surface area (Å²) in [5.74, 6) is 1.63. The fourth-order valence-electron chi connectivity index (χ4n) is 2.00. The van der Waals surface area contributed by atoms with Crippen LogP contribution in [0, 0.1) is 0 Å². The number of H-pyrrole nitrogens is 1. The normalized spacial score (nSPS) is 11.1. The van der Waals surface area contributed by atoms with Crippen LogP contribution in [0.4, 0.5) is 0 Å². The Hall–Kier alpha value is -2.02. The molecule has 3 heterocycles.